The molecule has 3 heterocycles. The molecular formula is C18H24FN5O. The van der Waals surface area contributed by atoms with Gasteiger partial charge in [0.2, 0.25) is 0 Å². The number of aliphatic hydroxyl groups excluding tert-OH is 1. The average molecular weight is 345 g/mol. The van der Waals surface area contributed by atoms with Gasteiger partial charge in [0.15, 0.2) is 5.82 Å². The van der Waals surface area contributed by atoms with Crippen LogP contribution in [0.15, 0.2) is 12.3 Å². The minimum atomic E-state index is -0.461. The van der Waals surface area contributed by atoms with Crippen LogP contribution in [0.2, 0.25) is 0 Å². The van der Waals surface area contributed by atoms with E-state index in [9.17, 15) is 9.50 Å². The molecule has 25 heavy (non-hydrogen) atoms. The lowest BCUT2D eigenvalue weighted by Gasteiger charge is -2.18. The van der Waals surface area contributed by atoms with Crippen LogP contribution in [0.25, 0.3) is 0 Å². The highest BCUT2D eigenvalue weighted by atomic mass is 19.1. The van der Waals surface area contributed by atoms with E-state index >= 15 is 0 Å². The smallest absolute Gasteiger partial charge is 0.153 e. The van der Waals surface area contributed by atoms with Gasteiger partial charge in [-0.05, 0) is 30.7 Å². The molecule has 0 spiro atoms. The largest absolute Gasteiger partial charge is 0.392 e. The summed E-state index contributed by atoms with van der Waals surface area (Å²) in [6, 6.07) is 1.65. The Bertz CT molecular complexity index is 758. The van der Waals surface area contributed by atoms with Gasteiger partial charge in [-0.2, -0.15) is 5.10 Å². The first-order valence-corrected chi connectivity index (χ1v) is 8.99. The molecule has 1 aliphatic heterocycles. The molecular weight excluding hydrogens is 321 g/mol. The maximum Gasteiger partial charge on any atom is 0.153 e. The van der Waals surface area contributed by atoms with Crippen molar-refractivity contribution < 1.29 is 9.50 Å². The van der Waals surface area contributed by atoms with Crippen molar-refractivity contribution in [1.82, 2.24) is 20.2 Å². The molecule has 2 aromatic heterocycles. The third kappa shape index (κ3) is 3.13. The first-order valence-electron chi connectivity index (χ1n) is 8.99. The number of hydrogen-bond donors (Lipinski definition) is 2. The molecule has 0 unspecified atom stereocenters. The van der Waals surface area contributed by atoms with Gasteiger partial charge in [-0.3, -0.25) is 5.10 Å². The van der Waals surface area contributed by atoms with Gasteiger partial charge in [-0.1, -0.05) is 13.8 Å². The zero-order valence-electron chi connectivity index (χ0n) is 14.6. The van der Waals surface area contributed by atoms with Gasteiger partial charge in [0.1, 0.15) is 17.5 Å². The SMILES string of the molecule is CC(C)c1n[nH]c([C@H]2CN(c3cc(CO)c(F)cn3)C[C@@H]2C2CC2)n1. The Morgan fingerprint density at radius 1 is 1.36 bits per heavy atom. The van der Waals surface area contributed by atoms with Crippen molar-refractivity contribution in [2.75, 3.05) is 18.0 Å². The fourth-order valence-electron chi connectivity index (χ4n) is 3.78. The highest BCUT2D eigenvalue weighted by Crippen LogP contribution is 2.47. The fraction of sp³-hybridized carbons (Fsp3) is 0.611. The third-order valence-corrected chi connectivity index (χ3v) is 5.39. The number of nitrogens with one attached hydrogen (secondary N) is 1. The Labute approximate surface area is 146 Å². The number of aromatic amines is 1. The molecule has 2 atom stereocenters. The van der Waals surface area contributed by atoms with Gasteiger partial charge in [0, 0.05) is 30.5 Å². The number of aliphatic hydroxyl groups is 1. The summed E-state index contributed by atoms with van der Waals surface area (Å²) < 4.78 is 13.6. The van der Waals surface area contributed by atoms with Crippen LogP contribution in [0.1, 0.15) is 55.7 Å². The van der Waals surface area contributed by atoms with E-state index in [4.69, 9.17) is 4.98 Å². The van der Waals surface area contributed by atoms with E-state index in [-0.39, 0.29) is 18.1 Å². The molecule has 0 bridgehead atoms. The van der Waals surface area contributed by atoms with Gasteiger partial charge in [0.05, 0.1) is 12.8 Å². The molecule has 0 amide bonds. The van der Waals surface area contributed by atoms with E-state index < -0.39 is 5.82 Å². The number of hydrogen-bond acceptors (Lipinski definition) is 5. The second-order valence-electron chi connectivity index (χ2n) is 7.54. The van der Waals surface area contributed by atoms with Crippen molar-refractivity contribution in [3.63, 3.8) is 0 Å². The molecule has 4 rings (SSSR count). The predicted molar refractivity (Wildman–Crippen MR) is 91.8 cm³/mol. The zero-order valence-corrected chi connectivity index (χ0v) is 14.6. The summed E-state index contributed by atoms with van der Waals surface area (Å²) in [5.41, 5.74) is 0.290. The van der Waals surface area contributed by atoms with E-state index in [1.807, 2.05) is 0 Å². The van der Waals surface area contributed by atoms with E-state index in [0.717, 1.165) is 36.5 Å². The van der Waals surface area contributed by atoms with Crippen molar-refractivity contribution in [3.05, 3.63) is 35.3 Å². The maximum atomic E-state index is 13.6. The monoisotopic (exact) mass is 345 g/mol. The number of rotatable bonds is 5. The van der Waals surface area contributed by atoms with Crippen LogP contribution in [-0.4, -0.2) is 38.4 Å². The number of nitrogens with zero attached hydrogens (tertiary/aromatic N) is 4. The lowest BCUT2D eigenvalue weighted by molar-refractivity contribution is 0.275. The Morgan fingerprint density at radius 3 is 2.80 bits per heavy atom. The maximum absolute atomic E-state index is 13.6. The topological polar surface area (TPSA) is 77.9 Å². The van der Waals surface area contributed by atoms with Gasteiger partial charge in [0.25, 0.3) is 0 Å². The molecule has 2 N–H and O–H groups in total. The summed E-state index contributed by atoms with van der Waals surface area (Å²) in [5.74, 6) is 3.89. The molecule has 1 saturated carbocycles. The van der Waals surface area contributed by atoms with Crippen LogP contribution in [0, 0.1) is 17.7 Å². The molecule has 2 fully saturated rings. The van der Waals surface area contributed by atoms with Crippen LogP contribution in [0.4, 0.5) is 10.2 Å². The standard InChI is InChI=1S/C18H24FN5O/c1-10(2)17-21-18(23-22-17)14-8-24(7-13(14)11-3-4-11)16-5-12(9-25)15(19)6-20-16/h5-6,10-11,13-14,25H,3-4,7-9H2,1-2H3,(H,21,22,23)/t13-,14+/m1/s1. The van der Waals surface area contributed by atoms with E-state index in [2.05, 4.69) is 33.9 Å². The first kappa shape index (κ1) is 16.4. The summed E-state index contributed by atoms with van der Waals surface area (Å²) in [5, 5.41) is 16.8. The Kier molecular flexibility index (Phi) is 4.19. The highest BCUT2D eigenvalue weighted by Gasteiger charge is 2.44. The van der Waals surface area contributed by atoms with Crippen molar-refractivity contribution in [3.8, 4) is 0 Å². The van der Waals surface area contributed by atoms with Gasteiger partial charge < -0.3 is 10.0 Å². The minimum Gasteiger partial charge on any atom is -0.392 e. The summed E-state index contributed by atoms with van der Waals surface area (Å²) in [4.78, 5) is 11.1. The lowest BCUT2D eigenvalue weighted by atomic mass is 9.91. The summed E-state index contributed by atoms with van der Waals surface area (Å²) in [6.45, 7) is 5.54. The summed E-state index contributed by atoms with van der Waals surface area (Å²) in [7, 11) is 0. The molecule has 0 radical (unpaired) electrons. The number of aromatic nitrogens is 4. The number of anilines is 1. The van der Waals surface area contributed by atoms with Gasteiger partial charge in [-0.15, -0.1) is 0 Å². The van der Waals surface area contributed by atoms with E-state index in [1.165, 1.54) is 19.0 Å². The Balaban J connectivity index is 1.60. The summed E-state index contributed by atoms with van der Waals surface area (Å²) >= 11 is 0. The van der Waals surface area contributed by atoms with E-state index in [1.54, 1.807) is 6.07 Å². The molecule has 2 aliphatic rings. The summed E-state index contributed by atoms with van der Waals surface area (Å²) in [6.07, 6.45) is 3.73. The third-order valence-electron chi connectivity index (χ3n) is 5.39. The fourth-order valence-corrected chi connectivity index (χ4v) is 3.78. The van der Waals surface area contributed by atoms with Crippen molar-refractivity contribution in [2.45, 2.75) is 45.1 Å². The molecule has 7 heteroatoms. The van der Waals surface area contributed by atoms with Crippen LogP contribution < -0.4 is 4.90 Å². The number of H-pyrrole nitrogens is 1. The molecule has 6 nitrogen and oxygen atoms in total. The Hall–Kier alpha value is -2.02. The average Bonchev–Trinajstić information content (AvgIpc) is 3.16. The molecule has 134 valence electrons. The van der Waals surface area contributed by atoms with E-state index in [0.29, 0.717) is 11.8 Å². The van der Waals surface area contributed by atoms with Crippen molar-refractivity contribution >= 4 is 5.82 Å². The minimum absolute atomic E-state index is 0.289. The first-order chi connectivity index (χ1) is 12.1. The van der Waals surface area contributed by atoms with Crippen LogP contribution in [0.5, 0.6) is 0 Å². The van der Waals surface area contributed by atoms with Crippen LogP contribution in [0.3, 0.4) is 0 Å². The molecule has 1 aliphatic carbocycles. The second-order valence-corrected chi connectivity index (χ2v) is 7.54. The quantitative estimate of drug-likeness (QED) is 0.871. The number of pyridine rings is 1. The Morgan fingerprint density at radius 2 is 2.16 bits per heavy atom. The number of halogens is 1. The lowest BCUT2D eigenvalue weighted by Crippen LogP contribution is -2.21. The van der Waals surface area contributed by atoms with Crippen molar-refractivity contribution in [1.29, 1.82) is 0 Å². The predicted octanol–water partition coefficient (Wildman–Crippen LogP) is 2.58. The zero-order chi connectivity index (χ0) is 17.6. The van der Waals surface area contributed by atoms with Gasteiger partial charge >= 0.3 is 0 Å². The van der Waals surface area contributed by atoms with Crippen molar-refractivity contribution in [2.24, 2.45) is 11.8 Å². The van der Waals surface area contributed by atoms with Crippen LogP contribution in [-0.2, 0) is 6.61 Å². The molecule has 0 aromatic carbocycles. The molecule has 2 aromatic rings. The van der Waals surface area contributed by atoms with Crippen LogP contribution >= 0.6 is 0 Å². The molecule has 1 saturated heterocycles. The normalized spacial score (nSPS) is 23.6. The highest BCUT2D eigenvalue weighted by molar-refractivity contribution is 5.44. The second kappa shape index (κ2) is 6.37. The van der Waals surface area contributed by atoms with Gasteiger partial charge in [-0.25, -0.2) is 14.4 Å².